The number of fused-ring (bicyclic) bond motifs is 1. The van der Waals surface area contributed by atoms with E-state index in [2.05, 4.69) is 25.2 Å². The minimum atomic E-state index is -0.260. The van der Waals surface area contributed by atoms with Gasteiger partial charge in [-0.2, -0.15) is 0 Å². The van der Waals surface area contributed by atoms with Gasteiger partial charge in [0, 0.05) is 12.6 Å². The van der Waals surface area contributed by atoms with Crippen LogP contribution in [0.15, 0.2) is 0 Å². The van der Waals surface area contributed by atoms with E-state index in [1.807, 2.05) is 0 Å². The Labute approximate surface area is 69.8 Å². The molecule has 2 rings (SSSR count). The maximum absolute atomic E-state index is 5.91. The predicted molar refractivity (Wildman–Crippen MR) is 47.7 cm³/mol. The molecule has 0 aromatic heterocycles. The highest BCUT2D eigenvalue weighted by Crippen LogP contribution is 2.56. The zero-order valence-electron chi connectivity index (χ0n) is 7.50. The van der Waals surface area contributed by atoms with Crippen LogP contribution in [0.25, 0.3) is 0 Å². The summed E-state index contributed by atoms with van der Waals surface area (Å²) >= 11 is 0. The molecule has 0 radical (unpaired) electrons. The molecule has 0 bridgehead atoms. The Morgan fingerprint density at radius 2 is 2.27 bits per heavy atom. The molecule has 2 aliphatic rings. The van der Waals surface area contributed by atoms with Crippen LogP contribution in [-0.2, 0) is 4.52 Å². The molecule has 2 fully saturated rings. The Kier molecular flexibility index (Phi) is 1.75. The van der Waals surface area contributed by atoms with Crippen molar-refractivity contribution < 1.29 is 4.52 Å². The van der Waals surface area contributed by atoms with Gasteiger partial charge in [0.1, 0.15) is 8.30 Å². The molecule has 2 nitrogen and oxygen atoms in total. The van der Waals surface area contributed by atoms with Gasteiger partial charge in [-0.3, -0.25) is 4.67 Å². The lowest BCUT2D eigenvalue weighted by Crippen LogP contribution is -2.35. The fourth-order valence-electron chi connectivity index (χ4n) is 2.25. The molecule has 0 saturated carbocycles. The number of hydrogen-bond donors (Lipinski definition) is 0. The molecule has 2 heterocycles. The smallest absolute Gasteiger partial charge is 0.102 e. The molecule has 0 N–H and O–H groups in total. The summed E-state index contributed by atoms with van der Waals surface area (Å²) in [7, 11) is -0.260. The predicted octanol–water partition coefficient (Wildman–Crippen LogP) is 2.20. The lowest BCUT2D eigenvalue weighted by molar-refractivity contribution is 0.112. The van der Waals surface area contributed by atoms with E-state index in [9.17, 15) is 0 Å². The molecule has 2 saturated heterocycles. The Morgan fingerprint density at radius 3 is 2.91 bits per heavy atom. The van der Waals surface area contributed by atoms with Crippen LogP contribution < -0.4 is 0 Å². The molecule has 2 aliphatic heterocycles. The van der Waals surface area contributed by atoms with E-state index in [1.165, 1.54) is 19.4 Å². The molecule has 64 valence electrons. The van der Waals surface area contributed by atoms with Crippen molar-refractivity contribution in [3.63, 3.8) is 0 Å². The van der Waals surface area contributed by atoms with Gasteiger partial charge in [-0.1, -0.05) is 0 Å². The fourth-order valence-corrected chi connectivity index (χ4v) is 4.37. The Morgan fingerprint density at radius 1 is 1.55 bits per heavy atom. The van der Waals surface area contributed by atoms with Gasteiger partial charge >= 0.3 is 0 Å². The summed E-state index contributed by atoms with van der Waals surface area (Å²) in [5, 5.41) is 0. The lowest BCUT2D eigenvalue weighted by atomic mass is 9.98. The van der Waals surface area contributed by atoms with E-state index in [0.717, 1.165) is 0 Å². The first-order valence-electron chi connectivity index (χ1n) is 4.31. The molecule has 11 heavy (non-hydrogen) atoms. The first-order valence-corrected chi connectivity index (χ1v) is 5.96. The van der Waals surface area contributed by atoms with E-state index in [0.29, 0.717) is 6.04 Å². The maximum atomic E-state index is 5.91. The maximum Gasteiger partial charge on any atom is 0.102 e. The first kappa shape index (κ1) is 7.97. The lowest BCUT2D eigenvalue weighted by Gasteiger charge is -2.23. The van der Waals surface area contributed by atoms with E-state index in [1.54, 1.807) is 0 Å². The van der Waals surface area contributed by atoms with Crippen molar-refractivity contribution in [3.05, 3.63) is 0 Å². The number of nitrogens with zero attached hydrogens (tertiary/aromatic N) is 1. The van der Waals surface area contributed by atoms with Gasteiger partial charge in [-0.05, 0) is 33.4 Å². The van der Waals surface area contributed by atoms with Crippen LogP contribution in [0.4, 0.5) is 0 Å². The highest BCUT2D eigenvalue weighted by atomic mass is 31.2. The SMILES string of the molecule is C[P@@]1OC(C)(C)[C@H]2CCCN21. The third kappa shape index (κ3) is 1.12. The van der Waals surface area contributed by atoms with Crippen molar-refractivity contribution in [1.82, 2.24) is 4.67 Å². The standard InChI is InChI=1S/C8H16NOP/c1-8(2)7-5-4-6-9(7)11(3)10-8/h7H,4-6H2,1-3H3/t7-,11-/m1/s1. The zero-order valence-corrected chi connectivity index (χ0v) is 8.40. The molecular formula is C8H16NOP. The quantitative estimate of drug-likeness (QED) is 0.521. The Balaban J connectivity index is 2.20. The molecule has 0 amide bonds. The van der Waals surface area contributed by atoms with Crippen molar-refractivity contribution in [3.8, 4) is 0 Å². The zero-order chi connectivity index (χ0) is 8.06. The number of rotatable bonds is 0. The summed E-state index contributed by atoms with van der Waals surface area (Å²) in [5.74, 6) is 0. The van der Waals surface area contributed by atoms with E-state index in [4.69, 9.17) is 4.52 Å². The van der Waals surface area contributed by atoms with Crippen LogP contribution in [0.2, 0.25) is 0 Å². The normalized spacial score (nSPS) is 42.8. The van der Waals surface area contributed by atoms with Crippen molar-refractivity contribution in [2.24, 2.45) is 0 Å². The van der Waals surface area contributed by atoms with Gasteiger partial charge < -0.3 is 4.52 Å². The number of hydrogen-bond acceptors (Lipinski definition) is 2. The topological polar surface area (TPSA) is 12.5 Å². The second-order valence-corrected chi connectivity index (χ2v) is 5.60. The van der Waals surface area contributed by atoms with Crippen molar-refractivity contribution in [2.45, 2.75) is 38.3 Å². The summed E-state index contributed by atoms with van der Waals surface area (Å²) < 4.78 is 8.46. The van der Waals surface area contributed by atoms with Crippen LogP contribution in [0.1, 0.15) is 26.7 Å². The van der Waals surface area contributed by atoms with E-state index in [-0.39, 0.29) is 13.9 Å². The average Bonchev–Trinajstić information content (AvgIpc) is 2.37. The first-order chi connectivity index (χ1) is 5.11. The van der Waals surface area contributed by atoms with Gasteiger partial charge in [0.2, 0.25) is 0 Å². The van der Waals surface area contributed by atoms with E-state index >= 15 is 0 Å². The van der Waals surface area contributed by atoms with Crippen molar-refractivity contribution in [2.75, 3.05) is 13.2 Å². The largest absolute Gasteiger partial charge is 0.336 e. The third-order valence-electron chi connectivity index (χ3n) is 2.76. The summed E-state index contributed by atoms with van der Waals surface area (Å²) in [6.07, 6.45) is 2.70. The van der Waals surface area contributed by atoms with Gasteiger partial charge in [-0.15, -0.1) is 0 Å². The summed E-state index contributed by atoms with van der Waals surface area (Å²) in [6.45, 7) is 7.93. The van der Waals surface area contributed by atoms with Gasteiger partial charge in [0.25, 0.3) is 0 Å². The van der Waals surface area contributed by atoms with Gasteiger partial charge in [-0.25, -0.2) is 0 Å². The second kappa shape index (κ2) is 2.42. The van der Waals surface area contributed by atoms with E-state index < -0.39 is 0 Å². The molecule has 0 aliphatic carbocycles. The Hall–Kier alpha value is 0.350. The van der Waals surface area contributed by atoms with Gasteiger partial charge in [0.05, 0.1) is 5.60 Å². The molecule has 0 aromatic carbocycles. The summed E-state index contributed by atoms with van der Waals surface area (Å²) in [5.41, 5.74) is 0.122. The Bertz CT molecular complexity index is 171. The molecule has 0 aromatic rings. The summed E-state index contributed by atoms with van der Waals surface area (Å²) in [4.78, 5) is 0. The van der Waals surface area contributed by atoms with Crippen LogP contribution in [0.3, 0.4) is 0 Å². The minimum absolute atomic E-state index is 0.122. The third-order valence-corrected chi connectivity index (χ3v) is 4.69. The molecule has 2 atom stereocenters. The van der Waals surface area contributed by atoms with Gasteiger partial charge in [0.15, 0.2) is 0 Å². The second-order valence-electron chi connectivity index (χ2n) is 3.98. The molecular weight excluding hydrogens is 157 g/mol. The molecule has 0 unspecified atom stereocenters. The van der Waals surface area contributed by atoms with Crippen LogP contribution in [0, 0.1) is 0 Å². The van der Waals surface area contributed by atoms with Crippen LogP contribution in [-0.4, -0.2) is 29.5 Å². The fraction of sp³-hybridized carbons (Fsp3) is 1.00. The van der Waals surface area contributed by atoms with Crippen LogP contribution >= 0.6 is 8.30 Å². The summed E-state index contributed by atoms with van der Waals surface area (Å²) in [6, 6.07) is 0.707. The van der Waals surface area contributed by atoms with Crippen molar-refractivity contribution in [1.29, 1.82) is 0 Å². The highest BCUT2D eigenvalue weighted by Gasteiger charge is 2.48. The highest BCUT2D eigenvalue weighted by molar-refractivity contribution is 7.49. The van der Waals surface area contributed by atoms with Crippen LogP contribution in [0.5, 0.6) is 0 Å². The average molecular weight is 173 g/mol. The molecule has 0 spiro atoms. The monoisotopic (exact) mass is 173 g/mol. The molecule has 3 heteroatoms. The minimum Gasteiger partial charge on any atom is -0.336 e. The van der Waals surface area contributed by atoms with Crippen molar-refractivity contribution >= 4 is 8.30 Å².